The van der Waals surface area contributed by atoms with Gasteiger partial charge in [0.2, 0.25) is 5.91 Å². The molecular weight excluding hydrogens is 240 g/mol. The topological polar surface area (TPSA) is 66.6 Å². The third-order valence-electron chi connectivity index (χ3n) is 4.01. The Hall–Kier alpha value is -0.610. The van der Waals surface area contributed by atoms with Gasteiger partial charge in [0.15, 0.2) is 0 Å². The largest absolute Gasteiger partial charge is 0.394 e. The van der Waals surface area contributed by atoms with E-state index in [0.717, 1.165) is 38.6 Å². The molecule has 1 aliphatic heterocycles. The number of hydrogen-bond donors (Lipinski definition) is 2. The number of carbonyl (C=O) groups is 1. The van der Waals surface area contributed by atoms with Crippen LogP contribution in [0.5, 0.6) is 0 Å². The van der Waals surface area contributed by atoms with Crippen LogP contribution in [0, 0.1) is 11.8 Å². The SMILES string of the molecule is CC(C)C[C@H](CN)CC(=O)N1CCCCCC1CO. The van der Waals surface area contributed by atoms with Crippen molar-refractivity contribution >= 4 is 5.91 Å². The van der Waals surface area contributed by atoms with Gasteiger partial charge in [-0.25, -0.2) is 0 Å². The summed E-state index contributed by atoms with van der Waals surface area (Å²) in [6, 6.07) is 0.0208. The third kappa shape index (κ3) is 5.49. The number of amides is 1. The van der Waals surface area contributed by atoms with Gasteiger partial charge < -0.3 is 15.7 Å². The molecular formula is C15H30N2O2. The van der Waals surface area contributed by atoms with Crippen LogP contribution in [0.2, 0.25) is 0 Å². The summed E-state index contributed by atoms with van der Waals surface area (Å²) >= 11 is 0. The molecule has 1 rings (SSSR count). The molecule has 1 amide bonds. The normalized spacial score (nSPS) is 22.4. The Morgan fingerprint density at radius 3 is 2.68 bits per heavy atom. The van der Waals surface area contributed by atoms with Gasteiger partial charge in [-0.3, -0.25) is 4.79 Å². The second kappa shape index (κ2) is 8.54. The molecule has 0 aromatic rings. The first kappa shape index (κ1) is 16.4. The fourth-order valence-electron chi connectivity index (χ4n) is 2.99. The Morgan fingerprint density at radius 1 is 1.37 bits per heavy atom. The van der Waals surface area contributed by atoms with Crippen molar-refractivity contribution in [3.05, 3.63) is 0 Å². The monoisotopic (exact) mass is 270 g/mol. The Balaban J connectivity index is 2.57. The molecule has 4 heteroatoms. The molecule has 1 unspecified atom stereocenters. The minimum atomic E-state index is 0.0208. The lowest BCUT2D eigenvalue weighted by atomic mass is 9.93. The Labute approximate surface area is 117 Å². The second-order valence-corrected chi connectivity index (χ2v) is 6.21. The summed E-state index contributed by atoms with van der Waals surface area (Å²) in [6.07, 6.45) is 5.79. The number of carbonyl (C=O) groups excluding carboxylic acids is 1. The van der Waals surface area contributed by atoms with Crippen LogP contribution in [0.25, 0.3) is 0 Å². The molecule has 0 spiro atoms. The minimum Gasteiger partial charge on any atom is -0.394 e. The molecule has 112 valence electrons. The molecule has 0 aromatic heterocycles. The lowest BCUT2D eigenvalue weighted by Gasteiger charge is -2.30. The van der Waals surface area contributed by atoms with Crippen LogP contribution in [-0.4, -0.2) is 41.7 Å². The maximum atomic E-state index is 12.4. The van der Waals surface area contributed by atoms with E-state index in [1.165, 1.54) is 0 Å². The Morgan fingerprint density at radius 2 is 2.11 bits per heavy atom. The summed E-state index contributed by atoms with van der Waals surface area (Å²) in [4.78, 5) is 14.3. The van der Waals surface area contributed by atoms with Gasteiger partial charge in [0, 0.05) is 13.0 Å². The smallest absolute Gasteiger partial charge is 0.223 e. The van der Waals surface area contributed by atoms with E-state index in [9.17, 15) is 9.90 Å². The fourth-order valence-corrected chi connectivity index (χ4v) is 2.99. The van der Waals surface area contributed by atoms with Gasteiger partial charge in [-0.15, -0.1) is 0 Å². The highest BCUT2D eigenvalue weighted by atomic mass is 16.3. The summed E-state index contributed by atoms with van der Waals surface area (Å²) in [7, 11) is 0. The van der Waals surface area contributed by atoms with Crippen LogP contribution < -0.4 is 5.73 Å². The third-order valence-corrected chi connectivity index (χ3v) is 4.01. The first-order valence-corrected chi connectivity index (χ1v) is 7.68. The van der Waals surface area contributed by atoms with Crippen molar-refractivity contribution in [1.29, 1.82) is 0 Å². The number of hydrogen-bond acceptors (Lipinski definition) is 3. The van der Waals surface area contributed by atoms with Crippen molar-refractivity contribution in [2.24, 2.45) is 17.6 Å². The molecule has 0 radical (unpaired) electrons. The number of aliphatic hydroxyl groups excluding tert-OH is 1. The Kier molecular flexibility index (Phi) is 7.39. The molecule has 3 N–H and O–H groups in total. The highest BCUT2D eigenvalue weighted by molar-refractivity contribution is 5.76. The predicted octanol–water partition coefficient (Wildman–Crippen LogP) is 1.76. The number of nitrogens with zero attached hydrogens (tertiary/aromatic N) is 1. The van der Waals surface area contributed by atoms with Crippen molar-refractivity contribution in [1.82, 2.24) is 4.90 Å². The summed E-state index contributed by atoms with van der Waals surface area (Å²) in [6.45, 7) is 5.78. The van der Waals surface area contributed by atoms with Gasteiger partial charge in [-0.2, -0.15) is 0 Å². The summed E-state index contributed by atoms with van der Waals surface area (Å²) < 4.78 is 0. The lowest BCUT2D eigenvalue weighted by molar-refractivity contribution is -0.135. The van der Waals surface area contributed by atoms with E-state index in [1.807, 2.05) is 4.90 Å². The second-order valence-electron chi connectivity index (χ2n) is 6.21. The fraction of sp³-hybridized carbons (Fsp3) is 0.933. The van der Waals surface area contributed by atoms with Crippen LogP contribution in [0.3, 0.4) is 0 Å². The number of aliphatic hydroxyl groups is 1. The molecule has 0 saturated carbocycles. The van der Waals surface area contributed by atoms with E-state index in [2.05, 4.69) is 13.8 Å². The molecule has 1 heterocycles. The van der Waals surface area contributed by atoms with Crippen LogP contribution in [-0.2, 0) is 4.79 Å². The number of nitrogens with two attached hydrogens (primary N) is 1. The highest BCUT2D eigenvalue weighted by Gasteiger charge is 2.26. The summed E-state index contributed by atoms with van der Waals surface area (Å²) in [5, 5.41) is 9.45. The van der Waals surface area contributed by atoms with Crippen molar-refractivity contribution in [2.75, 3.05) is 19.7 Å². The maximum Gasteiger partial charge on any atom is 0.223 e. The molecule has 1 saturated heterocycles. The van der Waals surface area contributed by atoms with Crippen LogP contribution in [0.4, 0.5) is 0 Å². The molecule has 19 heavy (non-hydrogen) atoms. The zero-order valence-corrected chi connectivity index (χ0v) is 12.5. The first-order chi connectivity index (χ1) is 9.08. The van der Waals surface area contributed by atoms with E-state index in [-0.39, 0.29) is 24.5 Å². The molecule has 2 atom stereocenters. The van der Waals surface area contributed by atoms with E-state index >= 15 is 0 Å². The van der Waals surface area contributed by atoms with Gasteiger partial charge in [0.05, 0.1) is 12.6 Å². The van der Waals surface area contributed by atoms with Gasteiger partial charge in [0.1, 0.15) is 0 Å². The van der Waals surface area contributed by atoms with E-state index in [0.29, 0.717) is 18.9 Å². The van der Waals surface area contributed by atoms with Gasteiger partial charge >= 0.3 is 0 Å². The van der Waals surface area contributed by atoms with Crippen molar-refractivity contribution in [2.45, 2.75) is 58.4 Å². The van der Waals surface area contributed by atoms with Crippen LogP contribution >= 0.6 is 0 Å². The number of likely N-dealkylation sites (tertiary alicyclic amines) is 1. The zero-order valence-electron chi connectivity index (χ0n) is 12.5. The van der Waals surface area contributed by atoms with Gasteiger partial charge in [-0.05, 0) is 37.6 Å². The molecule has 1 fully saturated rings. The van der Waals surface area contributed by atoms with E-state index in [4.69, 9.17) is 5.73 Å². The number of rotatable bonds is 6. The van der Waals surface area contributed by atoms with Gasteiger partial charge in [0.25, 0.3) is 0 Å². The van der Waals surface area contributed by atoms with E-state index < -0.39 is 0 Å². The quantitative estimate of drug-likeness (QED) is 0.773. The molecule has 1 aliphatic rings. The Bertz CT molecular complexity index is 269. The average Bonchev–Trinajstić information content (AvgIpc) is 2.62. The van der Waals surface area contributed by atoms with Gasteiger partial charge in [-0.1, -0.05) is 26.7 Å². The van der Waals surface area contributed by atoms with Crippen LogP contribution in [0.1, 0.15) is 52.4 Å². The van der Waals surface area contributed by atoms with Crippen LogP contribution in [0.15, 0.2) is 0 Å². The first-order valence-electron chi connectivity index (χ1n) is 7.68. The zero-order chi connectivity index (χ0) is 14.3. The summed E-state index contributed by atoms with van der Waals surface area (Å²) in [5.41, 5.74) is 5.78. The van der Waals surface area contributed by atoms with Crippen molar-refractivity contribution in [3.63, 3.8) is 0 Å². The van der Waals surface area contributed by atoms with Crippen molar-refractivity contribution < 1.29 is 9.90 Å². The maximum absolute atomic E-state index is 12.4. The standard InChI is InChI=1S/C15H30N2O2/c1-12(2)8-13(10-16)9-15(19)17-7-5-3-4-6-14(17)11-18/h12-14,18H,3-11,16H2,1-2H3/t13-,14?/m0/s1. The summed E-state index contributed by atoms with van der Waals surface area (Å²) in [5.74, 6) is 1.02. The van der Waals surface area contributed by atoms with Crippen molar-refractivity contribution in [3.8, 4) is 0 Å². The molecule has 0 aliphatic carbocycles. The average molecular weight is 270 g/mol. The molecule has 0 aromatic carbocycles. The lowest BCUT2D eigenvalue weighted by Crippen LogP contribution is -2.43. The highest BCUT2D eigenvalue weighted by Crippen LogP contribution is 2.21. The molecule has 4 nitrogen and oxygen atoms in total. The predicted molar refractivity (Wildman–Crippen MR) is 77.7 cm³/mol. The molecule has 0 bridgehead atoms. The van der Waals surface area contributed by atoms with E-state index in [1.54, 1.807) is 0 Å². The minimum absolute atomic E-state index is 0.0208.